The first kappa shape index (κ1) is 18.1. The highest BCUT2D eigenvalue weighted by Gasteiger charge is 2.12. The molecule has 0 aliphatic rings. The number of nitrogens with zero attached hydrogens (tertiary/aromatic N) is 3. The van der Waals surface area contributed by atoms with E-state index in [-0.39, 0.29) is 11.8 Å². The van der Waals surface area contributed by atoms with Crippen LogP contribution in [-0.2, 0) is 7.05 Å². The number of benzene rings is 1. The number of anilines is 1. The fourth-order valence-electron chi connectivity index (χ4n) is 2.49. The fourth-order valence-corrected chi connectivity index (χ4v) is 2.49. The number of carbonyl (C=O) groups is 2. The van der Waals surface area contributed by atoms with Gasteiger partial charge in [0.25, 0.3) is 11.8 Å². The molecule has 0 radical (unpaired) electrons. The number of hydrogen-bond donors (Lipinski definition) is 2. The van der Waals surface area contributed by atoms with Crippen molar-refractivity contribution in [1.82, 2.24) is 15.2 Å². The normalized spacial score (nSPS) is 11.3. The van der Waals surface area contributed by atoms with Crippen LogP contribution in [-0.4, -0.2) is 27.3 Å². The smallest absolute Gasteiger partial charge is 0.274 e. The standard InChI is InChI=1S/C19H19N5O3/c1-12(22-23-18(25)16-8-10-27-13(16)2)14-5-4-6-15(11-14)21-19(26)17-7-9-20-24(17)3/h4-11H,1-3H3,(H,21,26)(H,23,25). The summed E-state index contributed by atoms with van der Waals surface area (Å²) in [6.45, 7) is 3.48. The van der Waals surface area contributed by atoms with E-state index in [9.17, 15) is 9.59 Å². The SMILES string of the molecule is CC(=NNC(=O)c1ccoc1C)c1cccc(NC(=O)c2ccnn2C)c1. The van der Waals surface area contributed by atoms with Crippen LogP contribution in [0.15, 0.2) is 58.4 Å². The Labute approximate surface area is 155 Å². The van der Waals surface area contributed by atoms with Crippen LogP contribution >= 0.6 is 0 Å². The van der Waals surface area contributed by atoms with Gasteiger partial charge in [-0.1, -0.05) is 12.1 Å². The lowest BCUT2D eigenvalue weighted by molar-refractivity contribution is 0.0952. The van der Waals surface area contributed by atoms with Gasteiger partial charge in [0, 0.05) is 18.9 Å². The van der Waals surface area contributed by atoms with E-state index in [4.69, 9.17) is 4.42 Å². The van der Waals surface area contributed by atoms with Crippen molar-refractivity contribution in [2.24, 2.45) is 12.1 Å². The number of carbonyl (C=O) groups excluding carboxylic acids is 2. The molecule has 2 heterocycles. The third-order valence-electron chi connectivity index (χ3n) is 4.02. The van der Waals surface area contributed by atoms with Gasteiger partial charge in [0.15, 0.2) is 0 Å². The number of hydrogen-bond acceptors (Lipinski definition) is 5. The molecule has 2 N–H and O–H groups in total. The molecule has 1 aromatic carbocycles. The van der Waals surface area contributed by atoms with E-state index in [0.29, 0.717) is 28.4 Å². The van der Waals surface area contributed by atoms with Gasteiger partial charge in [-0.05, 0) is 43.7 Å². The molecule has 0 spiro atoms. The van der Waals surface area contributed by atoms with Gasteiger partial charge in [0.05, 0.1) is 17.5 Å². The lowest BCUT2D eigenvalue weighted by Gasteiger charge is -2.08. The van der Waals surface area contributed by atoms with Crippen LogP contribution in [0.4, 0.5) is 5.69 Å². The molecule has 0 atom stereocenters. The average Bonchev–Trinajstić information content (AvgIpc) is 3.27. The summed E-state index contributed by atoms with van der Waals surface area (Å²) in [4.78, 5) is 24.4. The largest absolute Gasteiger partial charge is 0.469 e. The maximum absolute atomic E-state index is 12.3. The topological polar surface area (TPSA) is 102 Å². The zero-order valence-corrected chi connectivity index (χ0v) is 15.2. The molecule has 27 heavy (non-hydrogen) atoms. The molecule has 8 heteroatoms. The Kier molecular flexibility index (Phi) is 5.16. The number of amides is 2. The minimum atomic E-state index is -0.346. The van der Waals surface area contributed by atoms with Gasteiger partial charge >= 0.3 is 0 Å². The highest BCUT2D eigenvalue weighted by Crippen LogP contribution is 2.13. The lowest BCUT2D eigenvalue weighted by Crippen LogP contribution is -2.19. The molecule has 0 aliphatic carbocycles. The van der Waals surface area contributed by atoms with E-state index in [1.54, 1.807) is 57.4 Å². The molecule has 2 amide bonds. The van der Waals surface area contributed by atoms with Gasteiger partial charge in [-0.2, -0.15) is 10.2 Å². The van der Waals surface area contributed by atoms with E-state index in [1.807, 2.05) is 6.07 Å². The third-order valence-corrected chi connectivity index (χ3v) is 4.02. The fraction of sp³-hybridized carbons (Fsp3) is 0.158. The van der Waals surface area contributed by atoms with Crippen molar-refractivity contribution in [3.8, 4) is 0 Å². The Morgan fingerprint density at radius 3 is 2.67 bits per heavy atom. The number of aromatic nitrogens is 2. The van der Waals surface area contributed by atoms with Gasteiger partial charge < -0.3 is 9.73 Å². The molecule has 138 valence electrons. The lowest BCUT2D eigenvalue weighted by atomic mass is 10.1. The van der Waals surface area contributed by atoms with Crippen LogP contribution < -0.4 is 10.7 Å². The minimum absolute atomic E-state index is 0.259. The first-order chi connectivity index (χ1) is 13.0. The molecule has 0 saturated carbocycles. The van der Waals surface area contributed by atoms with Crippen molar-refractivity contribution in [2.75, 3.05) is 5.32 Å². The monoisotopic (exact) mass is 365 g/mol. The van der Waals surface area contributed by atoms with Crippen LogP contribution in [0, 0.1) is 6.92 Å². The van der Waals surface area contributed by atoms with E-state index in [2.05, 4.69) is 20.9 Å². The van der Waals surface area contributed by atoms with Gasteiger partial charge in [0.1, 0.15) is 11.5 Å². The second-order valence-electron chi connectivity index (χ2n) is 5.90. The number of hydrazone groups is 1. The Balaban J connectivity index is 1.71. The molecule has 0 unspecified atom stereocenters. The molecule has 0 aliphatic heterocycles. The van der Waals surface area contributed by atoms with Crippen molar-refractivity contribution in [3.63, 3.8) is 0 Å². The zero-order chi connectivity index (χ0) is 19.4. The molecular weight excluding hydrogens is 346 g/mol. The zero-order valence-electron chi connectivity index (χ0n) is 15.2. The molecule has 3 rings (SSSR count). The van der Waals surface area contributed by atoms with Crippen molar-refractivity contribution < 1.29 is 14.0 Å². The van der Waals surface area contributed by atoms with E-state index >= 15 is 0 Å². The highest BCUT2D eigenvalue weighted by atomic mass is 16.3. The Morgan fingerprint density at radius 2 is 2.00 bits per heavy atom. The van der Waals surface area contributed by atoms with Crippen molar-refractivity contribution in [3.05, 3.63) is 71.4 Å². The summed E-state index contributed by atoms with van der Waals surface area (Å²) in [5.74, 6) is -0.0769. The summed E-state index contributed by atoms with van der Waals surface area (Å²) in [6, 6.07) is 10.4. The summed E-state index contributed by atoms with van der Waals surface area (Å²) in [7, 11) is 1.70. The van der Waals surface area contributed by atoms with Gasteiger partial charge in [0.2, 0.25) is 0 Å². The maximum atomic E-state index is 12.3. The Morgan fingerprint density at radius 1 is 1.19 bits per heavy atom. The number of aryl methyl sites for hydroxylation is 2. The predicted molar refractivity (Wildman–Crippen MR) is 101 cm³/mol. The minimum Gasteiger partial charge on any atom is -0.469 e. The van der Waals surface area contributed by atoms with Crippen LogP contribution in [0.3, 0.4) is 0 Å². The summed E-state index contributed by atoms with van der Waals surface area (Å²) >= 11 is 0. The third kappa shape index (κ3) is 4.12. The number of nitrogens with one attached hydrogen (secondary N) is 2. The van der Waals surface area contributed by atoms with Gasteiger partial charge in [-0.15, -0.1) is 0 Å². The van der Waals surface area contributed by atoms with Gasteiger partial charge in [-0.3, -0.25) is 14.3 Å². The van der Waals surface area contributed by atoms with Crippen molar-refractivity contribution >= 4 is 23.2 Å². The van der Waals surface area contributed by atoms with E-state index in [0.717, 1.165) is 5.56 Å². The summed E-state index contributed by atoms with van der Waals surface area (Å²) in [5.41, 5.74) is 5.37. The summed E-state index contributed by atoms with van der Waals surface area (Å²) in [5, 5.41) is 10.9. The number of furan rings is 1. The Bertz CT molecular complexity index is 1020. The first-order valence-corrected chi connectivity index (χ1v) is 8.24. The second-order valence-corrected chi connectivity index (χ2v) is 5.90. The second kappa shape index (κ2) is 7.69. The van der Waals surface area contributed by atoms with Crippen LogP contribution in [0.1, 0.15) is 39.1 Å². The Hall–Kier alpha value is -3.68. The summed E-state index contributed by atoms with van der Waals surface area (Å²) in [6.07, 6.45) is 3.02. The number of rotatable bonds is 5. The van der Waals surface area contributed by atoms with E-state index in [1.165, 1.54) is 10.9 Å². The molecule has 0 bridgehead atoms. The van der Waals surface area contributed by atoms with E-state index < -0.39 is 0 Å². The highest BCUT2D eigenvalue weighted by molar-refractivity contribution is 6.05. The quantitative estimate of drug-likeness (QED) is 0.536. The molecule has 2 aromatic heterocycles. The molecule has 0 fully saturated rings. The van der Waals surface area contributed by atoms with Crippen LogP contribution in [0.25, 0.3) is 0 Å². The molecular formula is C19H19N5O3. The van der Waals surface area contributed by atoms with Gasteiger partial charge in [-0.25, -0.2) is 5.43 Å². The van der Waals surface area contributed by atoms with Crippen LogP contribution in [0.5, 0.6) is 0 Å². The average molecular weight is 365 g/mol. The van der Waals surface area contributed by atoms with Crippen LogP contribution in [0.2, 0.25) is 0 Å². The molecule has 3 aromatic rings. The maximum Gasteiger partial charge on any atom is 0.274 e. The molecule has 0 saturated heterocycles. The molecule has 8 nitrogen and oxygen atoms in total. The summed E-state index contributed by atoms with van der Waals surface area (Å²) < 4.78 is 6.61. The van der Waals surface area contributed by atoms with Crippen molar-refractivity contribution in [2.45, 2.75) is 13.8 Å². The van der Waals surface area contributed by atoms with Crippen molar-refractivity contribution in [1.29, 1.82) is 0 Å². The predicted octanol–water partition coefficient (Wildman–Crippen LogP) is 2.73. The first-order valence-electron chi connectivity index (χ1n) is 8.24.